The average Bonchev–Trinajstić information content (AvgIpc) is 2.86. The lowest BCUT2D eigenvalue weighted by Crippen LogP contribution is -2.45. The molecule has 1 aliphatic heterocycles. The number of amides is 2. The van der Waals surface area contributed by atoms with Gasteiger partial charge in [0.2, 0.25) is 5.91 Å². The normalized spacial score (nSPS) is 16.0. The minimum absolute atomic E-state index is 0.0114. The molecule has 1 unspecified atom stereocenters. The maximum Gasteiger partial charge on any atom is 0.254 e. The molecule has 2 amide bonds. The summed E-state index contributed by atoms with van der Waals surface area (Å²) in [5.74, 6) is 0.777. The van der Waals surface area contributed by atoms with Gasteiger partial charge in [-0.25, -0.2) is 0 Å². The Balaban J connectivity index is 1.24. The summed E-state index contributed by atoms with van der Waals surface area (Å²) < 4.78 is 5.69. The highest BCUT2D eigenvalue weighted by Crippen LogP contribution is 2.23. The van der Waals surface area contributed by atoms with E-state index < -0.39 is 0 Å². The Hall–Kier alpha value is -3.34. The molecule has 4 rings (SSSR count). The fraction of sp³-hybridized carbons (Fsp3) is 0.333. The van der Waals surface area contributed by atoms with Crippen LogP contribution in [0.5, 0.6) is 5.75 Å². The zero-order valence-electron chi connectivity index (χ0n) is 18.3. The van der Waals surface area contributed by atoms with E-state index in [1.54, 1.807) is 0 Å². The number of fused-ring (bicyclic) bond motifs is 1. The first-order chi connectivity index (χ1) is 15.7. The summed E-state index contributed by atoms with van der Waals surface area (Å²) in [4.78, 5) is 27.7. The number of likely N-dealkylation sites (tertiary alicyclic amines) is 1. The van der Waals surface area contributed by atoms with Gasteiger partial charge < -0.3 is 15.0 Å². The predicted octanol–water partition coefficient (Wildman–Crippen LogP) is 4.67. The zero-order chi connectivity index (χ0) is 22.2. The molecule has 5 heteroatoms. The molecule has 1 saturated heterocycles. The second-order valence-electron chi connectivity index (χ2n) is 8.28. The third kappa shape index (κ3) is 5.47. The van der Waals surface area contributed by atoms with Crippen molar-refractivity contribution in [3.63, 3.8) is 0 Å². The highest BCUT2D eigenvalue weighted by atomic mass is 16.5. The molecular weight excluding hydrogens is 400 g/mol. The van der Waals surface area contributed by atoms with Crippen LogP contribution in [0.4, 0.5) is 0 Å². The van der Waals surface area contributed by atoms with E-state index in [2.05, 4.69) is 5.32 Å². The molecule has 1 heterocycles. The molecule has 32 heavy (non-hydrogen) atoms. The van der Waals surface area contributed by atoms with Crippen LogP contribution in [0.15, 0.2) is 72.8 Å². The molecule has 0 aliphatic carbocycles. The smallest absolute Gasteiger partial charge is 0.254 e. The Morgan fingerprint density at radius 2 is 1.72 bits per heavy atom. The van der Waals surface area contributed by atoms with Crippen molar-refractivity contribution in [3.05, 3.63) is 78.4 Å². The third-order valence-corrected chi connectivity index (χ3v) is 5.98. The fourth-order valence-electron chi connectivity index (χ4n) is 4.25. The molecule has 1 aliphatic rings. The van der Waals surface area contributed by atoms with Crippen LogP contribution in [0.1, 0.15) is 36.0 Å². The molecule has 1 N–H and O–H groups in total. The summed E-state index contributed by atoms with van der Waals surface area (Å²) in [6, 6.07) is 23.5. The molecule has 1 fully saturated rings. The van der Waals surface area contributed by atoms with Crippen molar-refractivity contribution in [1.29, 1.82) is 0 Å². The lowest BCUT2D eigenvalue weighted by atomic mass is 9.95. The molecule has 0 saturated carbocycles. The van der Waals surface area contributed by atoms with Gasteiger partial charge in [0.25, 0.3) is 5.91 Å². The molecular formula is C27H30N2O3. The largest absolute Gasteiger partial charge is 0.494 e. The molecule has 1 atom stereocenters. The van der Waals surface area contributed by atoms with Crippen LogP contribution in [0, 0.1) is 5.92 Å². The summed E-state index contributed by atoms with van der Waals surface area (Å²) in [5.41, 5.74) is 0.711. The van der Waals surface area contributed by atoms with Crippen molar-refractivity contribution >= 4 is 22.6 Å². The van der Waals surface area contributed by atoms with Crippen LogP contribution < -0.4 is 10.1 Å². The minimum Gasteiger partial charge on any atom is -0.494 e. The zero-order valence-corrected chi connectivity index (χ0v) is 18.3. The molecule has 3 aromatic rings. The van der Waals surface area contributed by atoms with Crippen molar-refractivity contribution < 1.29 is 14.3 Å². The lowest BCUT2D eigenvalue weighted by molar-refractivity contribution is -0.126. The fourth-order valence-corrected chi connectivity index (χ4v) is 4.25. The van der Waals surface area contributed by atoms with E-state index in [4.69, 9.17) is 4.74 Å². The van der Waals surface area contributed by atoms with Crippen molar-refractivity contribution in [3.8, 4) is 5.75 Å². The van der Waals surface area contributed by atoms with Crippen LogP contribution >= 0.6 is 0 Å². The number of rotatable bonds is 8. The molecule has 5 nitrogen and oxygen atoms in total. The van der Waals surface area contributed by atoms with E-state index in [0.29, 0.717) is 31.8 Å². The van der Waals surface area contributed by atoms with Gasteiger partial charge >= 0.3 is 0 Å². The predicted molar refractivity (Wildman–Crippen MR) is 127 cm³/mol. The van der Waals surface area contributed by atoms with Crippen LogP contribution in [-0.4, -0.2) is 43.0 Å². The summed E-state index contributed by atoms with van der Waals surface area (Å²) in [6.07, 6.45) is 3.41. The first-order valence-corrected chi connectivity index (χ1v) is 11.4. The van der Waals surface area contributed by atoms with E-state index >= 15 is 0 Å². The summed E-state index contributed by atoms with van der Waals surface area (Å²) in [7, 11) is 0. The van der Waals surface area contributed by atoms with Crippen molar-refractivity contribution in [1.82, 2.24) is 10.2 Å². The second kappa shape index (κ2) is 10.8. The maximum atomic E-state index is 13.2. The van der Waals surface area contributed by atoms with Crippen molar-refractivity contribution in [2.24, 2.45) is 5.92 Å². The number of para-hydroxylation sites is 1. The third-order valence-electron chi connectivity index (χ3n) is 5.98. The number of piperidine rings is 1. The summed E-state index contributed by atoms with van der Waals surface area (Å²) >= 11 is 0. The number of benzene rings is 3. The molecule has 0 radical (unpaired) electrons. The minimum atomic E-state index is -0.150. The van der Waals surface area contributed by atoms with Gasteiger partial charge in [-0.05, 0) is 54.7 Å². The molecule has 0 aromatic heterocycles. The highest BCUT2D eigenvalue weighted by molar-refractivity contribution is 6.07. The van der Waals surface area contributed by atoms with Gasteiger partial charge in [0, 0.05) is 25.2 Å². The average molecular weight is 431 g/mol. The van der Waals surface area contributed by atoms with Gasteiger partial charge in [-0.1, -0.05) is 54.6 Å². The number of nitrogens with zero attached hydrogens (tertiary/aromatic N) is 1. The highest BCUT2D eigenvalue weighted by Gasteiger charge is 2.29. The molecule has 3 aromatic carbocycles. The van der Waals surface area contributed by atoms with E-state index in [9.17, 15) is 9.59 Å². The number of hydrogen-bond acceptors (Lipinski definition) is 3. The number of carbonyl (C=O) groups is 2. The standard InChI is InChI=1S/C27H30N2O3/c30-26(28-17-6-7-19-32-23-13-2-1-3-14-23)22-12-9-18-29(20-22)27(31)25-16-8-11-21-10-4-5-15-24(21)25/h1-5,8,10-11,13-16,22H,6-7,9,12,17-20H2,(H,28,30). The Bertz CT molecular complexity index is 1050. The van der Waals surface area contributed by atoms with Crippen LogP contribution in [0.2, 0.25) is 0 Å². The van der Waals surface area contributed by atoms with E-state index in [0.717, 1.165) is 42.2 Å². The first kappa shape index (κ1) is 21.9. The Morgan fingerprint density at radius 1 is 0.938 bits per heavy atom. The van der Waals surface area contributed by atoms with Gasteiger partial charge in [0.05, 0.1) is 12.5 Å². The number of nitrogens with one attached hydrogen (secondary N) is 1. The Kier molecular flexibility index (Phi) is 7.38. The van der Waals surface area contributed by atoms with E-state index in [1.165, 1.54) is 0 Å². The lowest BCUT2D eigenvalue weighted by Gasteiger charge is -2.32. The van der Waals surface area contributed by atoms with Crippen LogP contribution in [-0.2, 0) is 4.79 Å². The SMILES string of the molecule is O=C(NCCCCOc1ccccc1)C1CCCN(C(=O)c2cccc3ccccc23)C1. The van der Waals surface area contributed by atoms with Gasteiger partial charge in [-0.15, -0.1) is 0 Å². The molecule has 166 valence electrons. The first-order valence-electron chi connectivity index (χ1n) is 11.4. The summed E-state index contributed by atoms with van der Waals surface area (Å²) in [5, 5.41) is 5.07. The maximum absolute atomic E-state index is 13.2. The van der Waals surface area contributed by atoms with E-state index in [-0.39, 0.29) is 17.7 Å². The quantitative estimate of drug-likeness (QED) is 0.529. The number of hydrogen-bond donors (Lipinski definition) is 1. The molecule has 0 spiro atoms. The van der Waals surface area contributed by atoms with Crippen LogP contribution in [0.25, 0.3) is 10.8 Å². The van der Waals surface area contributed by atoms with E-state index in [1.807, 2.05) is 77.7 Å². The molecule has 0 bridgehead atoms. The van der Waals surface area contributed by atoms with Crippen molar-refractivity contribution in [2.75, 3.05) is 26.2 Å². The van der Waals surface area contributed by atoms with Gasteiger partial charge in [0.15, 0.2) is 0 Å². The number of carbonyl (C=O) groups excluding carboxylic acids is 2. The number of ether oxygens (including phenoxy) is 1. The topological polar surface area (TPSA) is 58.6 Å². The Labute approximate surface area is 189 Å². The Morgan fingerprint density at radius 3 is 2.59 bits per heavy atom. The second-order valence-corrected chi connectivity index (χ2v) is 8.28. The monoisotopic (exact) mass is 430 g/mol. The number of unbranched alkanes of at least 4 members (excludes halogenated alkanes) is 1. The van der Waals surface area contributed by atoms with Gasteiger partial charge in [-0.3, -0.25) is 9.59 Å². The van der Waals surface area contributed by atoms with Crippen molar-refractivity contribution in [2.45, 2.75) is 25.7 Å². The van der Waals surface area contributed by atoms with Crippen LogP contribution in [0.3, 0.4) is 0 Å². The van der Waals surface area contributed by atoms with Gasteiger partial charge in [-0.2, -0.15) is 0 Å². The summed E-state index contributed by atoms with van der Waals surface area (Å²) in [6.45, 7) is 2.44. The van der Waals surface area contributed by atoms with Gasteiger partial charge in [0.1, 0.15) is 5.75 Å².